The number of benzene rings is 1. The average molecular weight is 283 g/mol. The number of anilines is 1. The highest BCUT2D eigenvalue weighted by molar-refractivity contribution is 9.10. The number of nitrogens with two attached hydrogens (primary N) is 1. The summed E-state index contributed by atoms with van der Waals surface area (Å²) in [5, 5.41) is 3.57. The molecule has 2 atom stereocenters. The second-order valence-corrected chi connectivity index (χ2v) is 5.77. The maximum absolute atomic E-state index is 5.81. The number of nitrogens with one attached hydrogen (secondary N) is 1. The van der Waals surface area contributed by atoms with Gasteiger partial charge in [0, 0.05) is 22.2 Å². The lowest BCUT2D eigenvalue weighted by atomic mass is 9.84. The zero-order valence-electron chi connectivity index (χ0n) is 9.83. The molecule has 2 nitrogen and oxygen atoms in total. The van der Waals surface area contributed by atoms with Crippen molar-refractivity contribution in [2.75, 3.05) is 5.73 Å². The Morgan fingerprint density at radius 2 is 1.88 bits per heavy atom. The van der Waals surface area contributed by atoms with Crippen LogP contribution in [0.25, 0.3) is 0 Å². The van der Waals surface area contributed by atoms with Gasteiger partial charge in [-0.1, -0.05) is 6.07 Å². The number of piperidine rings is 1. The van der Waals surface area contributed by atoms with Crippen LogP contribution in [-0.4, -0.2) is 12.1 Å². The van der Waals surface area contributed by atoms with Gasteiger partial charge in [0.1, 0.15) is 0 Å². The largest absolute Gasteiger partial charge is 0.398 e. The number of hydrogen-bond acceptors (Lipinski definition) is 2. The van der Waals surface area contributed by atoms with Gasteiger partial charge in [0.05, 0.1) is 0 Å². The van der Waals surface area contributed by atoms with Crippen LogP contribution < -0.4 is 11.1 Å². The predicted octanol–water partition coefficient (Wildman–Crippen LogP) is 3.28. The van der Waals surface area contributed by atoms with E-state index in [0.29, 0.717) is 18.0 Å². The Labute approximate surface area is 106 Å². The Morgan fingerprint density at radius 3 is 2.44 bits per heavy atom. The molecular weight excluding hydrogens is 264 g/mol. The molecule has 0 aromatic heterocycles. The van der Waals surface area contributed by atoms with E-state index in [-0.39, 0.29) is 0 Å². The first kappa shape index (κ1) is 11.9. The summed E-state index contributed by atoms with van der Waals surface area (Å²) in [6.07, 6.45) is 2.42. The summed E-state index contributed by atoms with van der Waals surface area (Å²) < 4.78 is 1.02. The lowest BCUT2D eigenvalue weighted by Crippen LogP contribution is -2.41. The summed E-state index contributed by atoms with van der Waals surface area (Å²) in [5.41, 5.74) is 8.04. The maximum atomic E-state index is 5.81. The molecule has 0 bridgehead atoms. The first-order chi connectivity index (χ1) is 7.56. The Bertz CT molecular complexity index is 368. The summed E-state index contributed by atoms with van der Waals surface area (Å²) in [5.74, 6) is 0.656. The molecule has 1 aliphatic heterocycles. The van der Waals surface area contributed by atoms with Crippen LogP contribution in [0.4, 0.5) is 5.69 Å². The van der Waals surface area contributed by atoms with Crippen molar-refractivity contribution in [2.45, 2.75) is 44.7 Å². The quantitative estimate of drug-likeness (QED) is 0.776. The highest BCUT2D eigenvalue weighted by Gasteiger charge is 2.24. The molecule has 16 heavy (non-hydrogen) atoms. The molecule has 0 spiro atoms. The van der Waals surface area contributed by atoms with Crippen molar-refractivity contribution in [2.24, 2.45) is 0 Å². The molecule has 3 N–H and O–H groups in total. The van der Waals surface area contributed by atoms with Crippen LogP contribution in [0.2, 0.25) is 0 Å². The summed E-state index contributed by atoms with van der Waals surface area (Å²) in [7, 11) is 0. The monoisotopic (exact) mass is 282 g/mol. The smallest absolute Gasteiger partial charge is 0.0458 e. The van der Waals surface area contributed by atoms with Gasteiger partial charge in [-0.15, -0.1) is 0 Å². The van der Waals surface area contributed by atoms with Crippen molar-refractivity contribution < 1.29 is 0 Å². The fourth-order valence-corrected chi connectivity index (χ4v) is 3.04. The minimum atomic E-state index is 0.602. The maximum Gasteiger partial charge on any atom is 0.0458 e. The van der Waals surface area contributed by atoms with Gasteiger partial charge < -0.3 is 11.1 Å². The third-order valence-corrected chi connectivity index (χ3v) is 4.03. The van der Waals surface area contributed by atoms with Gasteiger partial charge in [-0.05, 0) is 66.2 Å². The van der Waals surface area contributed by atoms with Crippen LogP contribution in [0.5, 0.6) is 0 Å². The zero-order chi connectivity index (χ0) is 11.7. The van der Waals surface area contributed by atoms with E-state index in [1.54, 1.807) is 0 Å². The van der Waals surface area contributed by atoms with Gasteiger partial charge in [-0.25, -0.2) is 0 Å². The molecule has 0 saturated carbocycles. The highest BCUT2D eigenvalue weighted by atomic mass is 79.9. The number of rotatable bonds is 1. The summed E-state index contributed by atoms with van der Waals surface area (Å²) in [6, 6.07) is 7.53. The highest BCUT2D eigenvalue weighted by Crippen LogP contribution is 2.33. The van der Waals surface area contributed by atoms with Crippen molar-refractivity contribution in [3.05, 3.63) is 28.2 Å². The van der Waals surface area contributed by atoms with Gasteiger partial charge in [-0.3, -0.25) is 0 Å². The van der Waals surface area contributed by atoms with E-state index in [0.717, 1.165) is 10.2 Å². The molecule has 1 aromatic carbocycles. The van der Waals surface area contributed by atoms with Crippen LogP contribution in [0.3, 0.4) is 0 Å². The number of hydrogen-bond donors (Lipinski definition) is 2. The van der Waals surface area contributed by atoms with Crippen LogP contribution in [-0.2, 0) is 0 Å². The van der Waals surface area contributed by atoms with Crippen LogP contribution >= 0.6 is 15.9 Å². The van der Waals surface area contributed by atoms with Crippen molar-refractivity contribution in [1.29, 1.82) is 0 Å². The van der Waals surface area contributed by atoms with E-state index in [4.69, 9.17) is 5.73 Å². The molecule has 0 aliphatic carbocycles. The summed E-state index contributed by atoms with van der Waals surface area (Å²) in [6.45, 7) is 4.52. The van der Waals surface area contributed by atoms with Crippen molar-refractivity contribution in [3.63, 3.8) is 0 Å². The second kappa shape index (κ2) is 4.76. The molecule has 3 heteroatoms. The number of nitrogen functional groups attached to an aromatic ring is 1. The molecule has 1 fully saturated rings. The van der Waals surface area contributed by atoms with Crippen LogP contribution in [0, 0.1) is 0 Å². The third kappa shape index (κ3) is 2.58. The van der Waals surface area contributed by atoms with E-state index in [1.807, 2.05) is 6.07 Å². The zero-order valence-corrected chi connectivity index (χ0v) is 11.4. The minimum Gasteiger partial charge on any atom is -0.398 e. The molecule has 1 aromatic rings. The summed E-state index contributed by atoms with van der Waals surface area (Å²) in [4.78, 5) is 0. The molecule has 88 valence electrons. The van der Waals surface area contributed by atoms with E-state index in [9.17, 15) is 0 Å². The molecular formula is C13H19BrN2. The van der Waals surface area contributed by atoms with Crippen LogP contribution in [0.1, 0.15) is 38.2 Å². The van der Waals surface area contributed by atoms with E-state index in [2.05, 4.69) is 47.2 Å². The van der Waals surface area contributed by atoms with E-state index < -0.39 is 0 Å². The van der Waals surface area contributed by atoms with Crippen molar-refractivity contribution in [3.8, 4) is 0 Å². The number of halogens is 1. The lowest BCUT2D eigenvalue weighted by molar-refractivity contribution is 0.317. The Hall–Kier alpha value is -0.540. The van der Waals surface area contributed by atoms with Crippen molar-refractivity contribution >= 4 is 21.6 Å². The van der Waals surface area contributed by atoms with Gasteiger partial charge in [-0.2, -0.15) is 0 Å². The Kier molecular flexibility index (Phi) is 3.55. The molecule has 0 radical (unpaired) electrons. The van der Waals surface area contributed by atoms with Gasteiger partial charge in [0.15, 0.2) is 0 Å². The minimum absolute atomic E-state index is 0.602. The topological polar surface area (TPSA) is 38.0 Å². The van der Waals surface area contributed by atoms with Crippen molar-refractivity contribution in [1.82, 2.24) is 5.32 Å². The van der Waals surface area contributed by atoms with Crippen LogP contribution in [0.15, 0.2) is 22.7 Å². The molecule has 0 amide bonds. The van der Waals surface area contributed by atoms with Gasteiger partial charge in [0.25, 0.3) is 0 Å². The molecule has 1 heterocycles. The first-order valence-electron chi connectivity index (χ1n) is 5.87. The lowest BCUT2D eigenvalue weighted by Gasteiger charge is -2.33. The Morgan fingerprint density at radius 1 is 1.25 bits per heavy atom. The molecule has 2 rings (SSSR count). The average Bonchev–Trinajstić information content (AvgIpc) is 2.20. The molecule has 1 saturated heterocycles. The summed E-state index contributed by atoms with van der Waals surface area (Å²) >= 11 is 3.50. The fourth-order valence-electron chi connectivity index (χ4n) is 2.64. The normalized spacial score (nSPS) is 30.3. The van der Waals surface area contributed by atoms with Gasteiger partial charge in [0.2, 0.25) is 0 Å². The first-order valence-corrected chi connectivity index (χ1v) is 6.66. The molecule has 2 unspecified atom stereocenters. The Balaban J connectivity index is 2.19. The van der Waals surface area contributed by atoms with Gasteiger partial charge >= 0.3 is 0 Å². The SMILES string of the molecule is CC1CC(c2ccc(N)c(Br)c2)CC(C)N1. The fraction of sp³-hybridized carbons (Fsp3) is 0.538. The molecule has 1 aliphatic rings. The van der Waals surface area contributed by atoms with E-state index in [1.165, 1.54) is 18.4 Å². The van der Waals surface area contributed by atoms with E-state index >= 15 is 0 Å². The standard InChI is InChI=1S/C13H19BrN2/c1-8-5-11(6-9(2)16-8)10-3-4-13(15)12(14)7-10/h3-4,7-9,11,16H,5-6,15H2,1-2H3. The predicted molar refractivity (Wildman–Crippen MR) is 72.6 cm³/mol. The third-order valence-electron chi connectivity index (χ3n) is 3.34. The second-order valence-electron chi connectivity index (χ2n) is 4.92.